The van der Waals surface area contributed by atoms with Gasteiger partial charge >= 0.3 is 5.97 Å². The van der Waals surface area contributed by atoms with Gasteiger partial charge < -0.3 is 9.84 Å². The number of benzene rings is 1. The molecular weight excluding hydrogens is 260 g/mol. The molecule has 0 saturated heterocycles. The van der Waals surface area contributed by atoms with Gasteiger partial charge in [-0.1, -0.05) is 13.0 Å². The number of aryl methyl sites for hydroxylation is 1. The number of carboxylic acid groups (broad SMARTS) is 1. The van der Waals surface area contributed by atoms with E-state index >= 15 is 0 Å². The third-order valence-electron chi connectivity index (χ3n) is 2.95. The lowest BCUT2D eigenvalue weighted by molar-refractivity contribution is 0.0695. The molecule has 1 N–H and O–H groups in total. The molecule has 0 aliphatic heterocycles. The molecule has 2 rings (SSSR count). The summed E-state index contributed by atoms with van der Waals surface area (Å²) in [4.78, 5) is 13.5. The molecule has 0 amide bonds. The van der Waals surface area contributed by atoms with Gasteiger partial charge in [0, 0.05) is 15.3 Å². The Hall–Kier alpha value is -1.81. The van der Waals surface area contributed by atoms with E-state index in [1.54, 1.807) is 36.5 Å². The fraction of sp³-hybridized carbons (Fsp3) is 0.267. The predicted octanol–water partition coefficient (Wildman–Crippen LogP) is 3.90. The number of hydrogen-bond acceptors (Lipinski definition) is 3. The first-order valence-corrected chi connectivity index (χ1v) is 6.96. The maximum atomic E-state index is 11.0. The molecule has 1 aromatic heterocycles. The summed E-state index contributed by atoms with van der Waals surface area (Å²) in [6.45, 7) is 4.37. The molecule has 0 aliphatic carbocycles. The lowest BCUT2D eigenvalue weighted by atomic mass is 10.1. The van der Waals surface area contributed by atoms with Crippen LogP contribution in [0.25, 0.3) is 0 Å². The monoisotopic (exact) mass is 276 g/mol. The summed E-state index contributed by atoms with van der Waals surface area (Å²) < 4.78 is 5.72. The van der Waals surface area contributed by atoms with Crippen LogP contribution < -0.4 is 4.74 Å². The van der Waals surface area contributed by atoms with Gasteiger partial charge in [0.2, 0.25) is 0 Å². The fourth-order valence-corrected chi connectivity index (χ4v) is 2.71. The summed E-state index contributed by atoms with van der Waals surface area (Å²) in [6.07, 6.45) is 1.03. The lowest BCUT2D eigenvalue weighted by Gasteiger charge is -2.09. The van der Waals surface area contributed by atoms with Crippen molar-refractivity contribution in [2.45, 2.75) is 26.9 Å². The standard InChI is InChI=1S/C15H16O3S/c1-3-11-7-8-12(19-11)9-18-14-6-4-5-13(10(14)2)15(16)17/h4-8H,3,9H2,1-2H3,(H,16,17). The molecule has 0 saturated carbocycles. The molecule has 3 nitrogen and oxygen atoms in total. The number of thiophene rings is 1. The van der Waals surface area contributed by atoms with Crippen molar-refractivity contribution in [3.63, 3.8) is 0 Å². The number of carbonyl (C=O) groups is 1. The maximum Gasteiger partial charge on any atom is 0.336 e. The highest BCUT2D eigenvalue weighted by atomic mass is 32.1. The van der Waals surface area contributed by atoms with Gasteiger partial charge in [0.05, 0.1) is 5.56 Å². The normalized spacial score (nSPS) is 10.4. The average molecular weight is 276 g/mol. The van der Waals surface area contributed by atoms with E-state index in [1.165, 1.54) is 4.88 Å². The van der Waals surface area contributed by atoms with Crippen molar-refractivity contribution in [1.29, 1.82) is 0 Å². The van der Waals surface area contributed by atoms with Gasteiger partial charge in [-0.25, -0.2) is 4.79 Å². The Labute approximate surface area is 116 Å². The SMILES string of the molecule is CCc1ccc(COc2cccc(C(=O)O)c2C)s1. The highest BCUT2D eigenvalue weighted by Gasteiger charge is 2.11. The number of hydrogen-bond donors (Lipinski definition) is 1. The largest absolute Gasteiger partial charge is 0.488 e. The molecule has 0 aliphatic rings. The van der Waals surface area contributed by atoms with Crippen LogP contribution in [-0.2, 0) is 13.0 Å². The quantitative estimate of drug-likeness (QED) is 0.901. The van der Waals surface area contributed by atoms with E-state index in [-0.39, 0.29) is 5.56 Å². The average Bonchev–Trinajstić information content (AvgIpc) is 2.85. The van der Waals surface area contributed by atoms with Crippen molar-refractivity contribution in [3.8, 4) is 5.75 Å². The molecule has 1 aromatic carbocycles. The summed E-state index contributed by atoms with van der Waals surface area (Å²) >= 11 is 1.73. The van der Waals surface area contributed by atoms with Crippen LogP contribution in [0.15, 0.2) is 30.3 Å². The van der Waals surface area contributed by atoms with Gasteiger partial charge in [0.25, 0.3) is 0 Å². The Balaban J connectivity index is 2.11. The number of carboxylic acids is 1. The molecule has 2 aromatic rings. The highest BCUT2D eigenvalue weighted by molar-refractivity contribution is 7.11. The lowest BCUT2D eigenvalue weighted by Crippen LogP contribution is -2.02. The third-order valence-corrected chi connectivity index (χ3v) is 4.15. The van der Waals surface area contributed by atoms with Crippen molar-refractivity contribution in [2.75, 3.05) is 0 Å². The van der Waals surface area contributed by atoms with E-state index in [1.807, 2.05) is 0 Å². The molecule has 0 fully saturated rings. The molecule has 0 bridgehead atoms. The number of rotatable bonds is 5. The van der Waals surface area contributed by atoms with Crippen LogP contribution in [0.4, 0.5) is 0 Å². The fourth-order valence-electron chi connectivity index (χ4n) is 1.84. The Morgan fingerprint density at radius 2 is 2.00 bits per heavy atom. The van der Waals surface area contributed by atoms with Crippen molar-refractivity contribution < 1.29 is 14.6 Å². The number of aromatic carboxylic acids is 1. The van der Waals surface area contributed by atoms with Gasteiger partial charge in [-0.05, 0) is 37.6 Å². The molecule has 0 atom stereocenters. The number of ether oxygens (including phenoxy) is 1. The van der Waals surface area contributed by atoms with E-state index in [4.69, 9.17) is 9.84 Å². The minimum atomic E-state index is -0.924. The van der Waals surface area contributed by atoms with Gasteiger partial charge in [0.1, 0.15) is 12.4 Å². The first kappa shape index (κ1) is 13.6. The predicted molar refractivity (Wildman–Crippen MR) is 76.2 cm³/mol. The van der Waals surface area contributed by atoms with Crippen molar-refractivity contribution >= 4 is 17.3 Å². The Bertz CT molecular complexity index is 587. The third kappa shape index (κ3) is 3.15. The topological polar surface area (TPSA) is 46.5 Å². The van der Waals surface area contributed by atoms with Gasteiger partial charge in [-0.2, -0.15) is 0 Å². The molecule has 0 radical (unpaired) electrons. The minimum Gasteiger partial charge on any atom is -0.488 e. The van der Waals surface area contributed by atoms with Crippen LogP contribution >= 0.6 is 11.3 Å². The second-order valence-electron chi connectivity index (χ2n) is 4.24. The first-order valence-electron chi connectivity index (χ1n) is 6.15. The second kappa shape index (κ2) is 5.89. The van der Waals surface area contributed by atoms with Crippen LogP contribution in [0, 0.1) is 6.92 Å². The van der Waals surface area contributed by atoms with E-state index in [9.17, 15) is 4.79 Å². The summed E-state index contributed by atoms with van der Waals surface area (Å²) in [5.74, 6) is -0.293. The molecular formula is C15H16O3S. The molecule has 19 heavy (non-hydrogen) atoms. The van der Waals surface area contributed by atoms with E-state index in [2.05, 4.69) is 19.1 Å². The Morgan fingerprint density at radius 3 is 2.63 bits per heavy atom. The summed E-state index contributed by atoms with van der Waals surface area (Å²) in [6, 6.07) is 9.25. The van der Waals surface area contributed by atoms with Crippen LogP contribution in [0.5, 0.6) is 5.75 Å². The Morgan fingerprint density at radius 1 is 1.26 bits per heavy atom. The first-order chi connectivity index (χ1) is 9.11. The van der Waals surface area contributed by atoms with E-state index in [0.717, 1.165) is 11.3 Å². The Kier molecular flexibility index (Phi) is 4.22. The second-order valence-corrected chi connectivity index (χ2v) is 5.50. The zero-order valence-electron chi connectivity index (χ0n) is 11.0. The molecule has 0 spiro atoms. The maximum absolute atomic E-state index is 11.0. The molecule has 100 valence electrons. The van der Waals surface area contributed by atoms with Crippen LogP contribution in [-0.4, -0.2) is 11.1 Å². The van der Waals surface area contributed by atoms with Crippen LogP contribution in [0.3, 0.4) is 0 Å². The van der Waals surface area contributed by atoms with Crippen LogP contribution in [0.2, 0.25) is 0 Å². The summed E-state index contributed by atoms with van der Waals surface area (Å²) in [7, 11) is 0. The molecule has 1 heterocycles. The van der Waals surface area contributed by atoms with E-state index in [0.29, 0.717) is 17.9 Å². The van der Waals surface area contributed by atoms with Crippen molar-refractivity contribution in [2.24, 2.45) is 0 Å². The molecule has 0 unspecified atom stereocenters. The zero-order valence-corrected chi connectivity index (χ0v) is 11.8. The van der Waals surface area contributed by atoms with Crippen LogP contribution in [0.1, 0.15) is 32.6 Å². The zero-order chi connectivity index (χ0) is 13.8. The molecule has 4 heteroatoms. The minimum absolute atomic E-state index is 0.290. The van der Waals surface area contributed by atoms with Gasteiger partial charge in [-0.15, -0.1) is 11.3 Å². The highest BCUT2D eigenvalue weighted by Crippen LogP contribution is 2.24. The van der Waals surface area contributed by atoms with Crippen molar-refractivity contribution in [3.05, 3.63) is 51.2 Å². The van der Waals surface area contributed by atoms with Crippen molar-refractivity contribution in [1.82, 2.24) is 0 Å². The van der Waals surface area contributed by atoms with E-state index < -0.39 is 5.97 Å². The summed E-state index contributed by atoms with van der Waals surface area (Å²) in [5.41, 5.74) is 0.959. The smallest absolute Gasteiger partial charge is 0.336 e. The summed E-state index contributed by atoms with van der Waals surface area (Å²) in [5, 5.41) is 9.06. The van der Waals surface area contributed by atoms with Gasteiger partial charge in [0.15, 0.2) is 0 Å². The van der Waals surface area contributed by atoms with Gasteiger partial charge in [-0.3, -0.25) is 0 Å².